The van der Waals surface area contributed by atoms with Crippen molar-refractivity contribution in [1.29, 1.82) is 0 Å². The Labute approximate surface area is 129 Å². The standard InChI is InChI=1S/C15H22FNOS2/c1-15(2,20-19)11-7-12(16)9-14(8-11)18-10-13-5-4-6-17(13)3/h7-9,13,19H,4-6,10H2,1-3H3. The van der Waals surface area contributed by atoms with Crippen molar-refractivity contribution in [3.8, 4) is 5.75 Å². The van der Waals surface area contributed by atoms with Crippen LogP contribution in [0.25, 0.3) is 0 Å². The Morgan fingerprint density at radius 1 is 1.45 bits per heavy atom. The Balaban J connectivity index is 2.08. The molecule has 1 atom stereocenters. The van der Waals surface area contributed by atoms with E-state index in [4.69, 9.17) is 4.74 Å². The largest absolute Gasteiger partial charge is 0.492 e. The van der Waals surface area contributed by atoms with Crippen LogP contribution in [0.15, 0.2) is 18.2 Å². The van der Waals surface area contributed by atoms with Crippen molar-refractivity contribution in [2.75, 3.05) is 20.2 Å². The van der Waals surface area contributed by atoms with Gasteiger partial charge in [-0.15, -0.1) is 11.7 Å². The third-order valence-electron chi connectivity index (χ3n) is 3.91. The van der Waals surface area contributed by atoms with Crippen LogP contribution in [0.3, 0.4) is 0 Å². The van der Waals surface area contributed by atoms with E-state index in [9.17, 15) is 4.39 Å². The Morgan fingerprint density at radius 3 is 2.80 bits per heavy atom. The van der Waals surface area contributed by atoms with Crippen LogP contribution in [0.2, 0.25) is 0 Å². The Morgan fingerprint density at radius 2 is 2.20 bits per heavy atom. The zero-order valence-electron chi connectivity index (χ0n) is 12.2. The number of halogens is 1. The van der Waals surface area contributed by atoms with Crippen molar-refractivity contribution in [3.63, 3.8) is 0 Å². The van der Waals surface area contributed by atoms with Gasteiger partial charge < -0.3 is 9.64 Å². The zero-order chi connectivity index (χ0) is 14.8. The number of nitrogens with zero attached hydrogens (tertiary/aromatic N) is 1. The van der Waals surface area contributed by atoms with Crippen LogP contribution in [0, 0.1) is 5.82 Å². The van der Waals surface area contributed by atoms with Crippen LogP contribution >= 0.6 is 22.5 Å². The summed E-state index contributed by atoms with van der Waals surface area (Å²) in [5.74, 6) is 0.350. The molecule has 2 rings (SSSR count). The summed E-state index contributed by atoms with van der Waals surface area (Å²) in [7, 11) is 3.52. The van der Waals surface area contributed by atoms with E-state index in [0.29, 0.717) is 18.4 Å². The van der Waals surface area contributed by atoms with E-state index in [0.717, 1.165) is 18.5 Å². The van der Waals surface area contributed by atoms with Crippen LogP contribution in [0.1, 0.15) is 32.3 Å². The van der Waals surface area contributed by atoms with Gasteiger partial charge in [0.25, 0.3) is 0 Å². The number of ether oxygens (including phenoxy) is 1. The predicted molar refractivity (Wildman–Crippen MR) is 87.2 cm³/mol. The lowest BCUT2D eigenvalue weighted by molar-refractivity contribution is 0.197. The van der Waals surface area contributed by atoms with E-state index in [-0.39, 0.29) is 10.6 Å². The number of hydrogen-bond acceptors (Lipinski definition) is 4. The second-order valence-electron chi connectivity index (χ2n) is 5.86. The van der Waals surface area contributed by atoms with Gasteiger partial charge in [0.15, 0.2) is 0 Å². The summed E-state index contributed by atoms with van der Waals surface area (Å²) in [6.07, 6.45) is 2.36. The maximum Gasteiger partial charge on any atom is 0.127 e. The molecule has 1 saturated heterocycles. The zero-order valence-corrected chi connectivity index (χ0v) is 13.9. The van der Waals surface area contributed by atoms with Gasteiger partial charge in [-0.2, -0.15) is 0 Å². The highest BCUT2D eigenvalue weighted by Crippen LogP contribution is 2.39. The lowest BCUT2D eigenvalue weighted by Gasteiger charge is -2.23. The normalized spacial score (nSPS) is 20.4. The molecule has 0 bridgehead atoms. The minimum Gasteiger partial charge on any atom is -0.492 e. The molecule has 1 aliphatic rings. The summed E-state index contributed by atoms with van der Waals surface area (Å²) < 4.78 is 19.3. The third kappa shape index (κ3) is 3.83. The summed E-state index contributed by atoms with van der Waals surface area (Å²) >= 11 is 4.26. The molecule has 0 aromatic heterocycles. The number of likely N-dealkylation sites (tertiary alicyclic amines) is 1. The molecule has 0 saturated carbocycles. The molecule has 1 aromatic rings. The van der Waals surface area contributed by atoms with Crippen LogP contribution in [0.5, 0.6) is 5.75 Å². The van der Waals surface area contributed by atoms with Gasteiger partial charge in [-0.1, -0.05) is 10.8 Å². The second kappa shape index (κ2) is 6.58. The first-order valence-electron chi connectivity index (χ1n) is 6.89. The molecule has 0 spiro atoms. The topological polar surface area (TPSA) is 12.5 Å². The van der Waals surface area contributed by atoms with Crippen LogP contribution in [0.4, 0.5) is 4.39 Å². The van der Waals surface area contributed by atoms with Gasteiger partial charge in [-0.25, -0.2) is 4.39 Å². The lowest BCUT2D eigenvalue weighted by Crippen LogP contribution is -2.30. The van der Waals surface area contributed by atoms with Crippen LogP contribution in [-0.4, -0.2) is 31.1 Å². The highest BCUT2D eigenvalue weighted by atomic mass is 33.1. The second-order valence-corrected chi connectivity index (χ2v) is 7.62. The fourth-order valence-corrected chi connectivity index (χ4v) is 2.97. The van der Waals surface area contributed by atoms with E-state index < -0.39 is 0 Å². The van der Waals surface area contributed by atoms with Crippen molar-refractivity contribution < 1.29 is 9.13 Å². The molecule has 112 valence electrons. The quantitative estimate of drug-likeness (QED) is 0.649. The molecule has 0 radical (unpaired) electrons. The number of rotatable bonds is 5. The summed E-state index contributed by atoms with van der Waals surface area (Å²) in [6.45, 7) is 5.78. The Kier molecular flexibility index (Phi) is 5.26. The van der Waals surface area contributed by atoms with Gasteiger partial charge in [0.1, 0.15) is 18.2 Å². The third-order valence-corrected chi connectivity index (χ3v) is 5.97. The number of likely N-dealkylation sites (N-methyl/N-ethyl adjacent to an activating group) is 1. The molecule has 1 heterocycles. The molecule has 0 amide bonds. The molecule has 0 N–H and O–H groups in total. The maximum atomic E-state index is 13.7. The van der Waals surface area contributed by atoms with E-state index >= 15 is 0 Å². The smallest absolute Gasteiger partial charge is 0.127 e. The molecule has 1 unspecified atom stereocenters. The first-order chi connectivity index (χ1) is 9.42. The van der Waals surface area contributed by atoms with Crippen LogP contribution < -0.4 is 4.74 Å². The van der Waals surface area contributed by atoms with Gasteiger partial charge >= 0.3 is 0 Å². The minimum absolute atomic E-state index is 0.243. The van der Waals surface area contributed by atoms with Gasteiger partial charge in [0.05, 0.1) is 0 Å². The Bertz CT molecular complexity index is 467. The highest BCUT2D eigenvalue weighted by molar-refractivity contribution is 8.68. The lowest BCUT2D eigenvalue weighted by atomic mass is 10.0. The van der Waals surface area contributed by atoms with Crippen molar-refractivity contribution in [1.82, 2.24) is 4.90 Å². The van der Waals surface area contributed by atoms with E-state index in [1.54, 1.807) is 6.07 Å². The molecule has 1 aromatic carbocycles. The fourth-order valence-electron chi connectivity index (χ4n) is 2.43. The van der Waals surface area contributed by atoms with Gasteiger partial charge in [0, 0.05) is 16.9 Å². The van der Waals surface area contributed by atoms with Gasteiger partial charge in [-0.05, 0) is 58.0 Å². The molecule has 1 aliphatic heterocycles. The number of hydrogen-bond donors (Lipinski definition) is 1. The van der Waals surface area contributed by atoms with E-state index in [1.807, 2.05) is 19.9 Å². The molecule has 1 fully saturated rings. The average molecular weight is 315 g/mol. The SMILES string of the molecule is CN1CCCC1COc1cc(F)cc(C(C)(C)SS)c1. The molecular formula is C15H22FNOS2. The minimum atomic E-state index is -0.257. The van der Waals surface area contributed by atoms with E-state index in [1.165, 1.54) is 23.3 Å². The van der Waals surface area contributed by atoms with Gasteiger partial charge in [-0.3, -0.25) is 0 Å². The average Bonchev–Trinajstić information content (AvgIpc) is 2.81. The molecule has 0 aliphatic carbocycles. The van der Waals surface area contributed by atoms with Crippen LogP contribution in [-0.2, 0) is 4.75 Å². The van der Waals surface area contributed by atoms with Crippen molar-refractivity contribution >= 4 is 22.5 Å². The van der Waals surface area contributed by atoms with Crippen molar-refractivity contribution in [3.05, 3.63) is 29.6 Å². The molecule has 20 heavy (non-hydrogen) atoms. The van der Waals surface area contributed by atoms with E-state index in [2.05, 4.69) is 23.6 Å². The first-order valence-corrected chi connectivity index (χ1v) is 8.76. The number of benzene rings is 1. The molecular weight excluding hydrogens is 293 g/mol. The van der Waals surface area contributed by atoms with Crippen molar-refractivity contribution in [2.24, 2.45) is 0 Å². The summed E-state index contributed by atoms with van der Waals surface area (Å²) in [6, 6.07) is 5.37. The summed E-state index contributed by atoms with van der Waals surface area (Å²) in [5.41, 5.74) is 0.896. The molecule has 5 heteroatoms. The maximum absolute atomic E-state index is 13.7. The monoisotopic (exact) mass is 315 g/mol. The highest BCUT2D eigenvalue weighted by Gasteiger charge is 2.23. The summed E-state index contributed by atoms with van der Waals surface area (Å²) in [4.78, 5) is 2.30. The first kappa shape index (κ1) is 16.0. The number of thiol groups is 1. The fraction of sp³-hybridized carbons (Fsp3) is 0.600. The Hall–Kier alpha value is -0.390. The molecule has 2 nitrogen and oxygen atoms in total. The van der Waals surface area contributed by atoms with Crippen molar-refractivity contribution in [2.45, 2.75) is 37.5 Å². The summed E-state index contributed by atoms with van der Waals surface area (Å²) in [5, 5.41) is 0. The van der Waals surface area contributed by atoms with Gasteiger partial charge in [0.2, 0.25) is 0 Å². The predicted octanol–water partition coefficient (Wildman–Crippen LogP) is 4.11.